The first kappa shape index (κ1) is 19.2. The zero-order valence-electron chi connectivity index (χ0n) is 15.4. The number of amides is 2. The fourth-order valence-corrected chi connectivity index (χ4v) is 4.16. The van der Waals surface area contributed by atoms with Gasteiger partial charge in [-0.05, 0) is 58.9 Å². The molecule has 0 radical (unpaired) electrons. The zero-order valence-corrected chi connectivity index (χ0v) is 17.0. The van der Waals surface area contributed by atoms with Gasteiger partial charge in [-0.3, -0.25) is 15.0 Å². The van der Waals surface area contributed by atoms with Gasteiger partial charge in [0.15, 0.2) is 4.32 Å². The summed E-state index contributed by atoms with van der Waals surface area (Å²) in [6, 6.07) is 20.5. The molecule has 0 bridgehead atoms. The van der Waals surface area contributed by atoms with Crippen molar-refractivity contribution in [2.45, 2.75) is 0 Å². The van der Waals surface area contributed by atoms with Crippen LogP contribution in [-0.4, -0.2) is 28.3 Å². The first-order valence-electron chi connectivity index (χ1n) is 8.77. The smallest absolute Gasteiger partial charge is 0.285 e. The Morgan fingerprint density at radius 1 is 1.07 bits per heavy atom. The van der Waals surface area contributed by atoms with Crippen LogP contribution in [0.1, 0.15) is 15.9 Å². The molecule has 5 nitrogen and oxygen atoms in total. The van der Waals surface area contributed by atoms with Crippen molar-refractivity contribution in [3.8, 4) is 5.75 Å². The largest absolute Gasteiger partial charge is 0.497 e. The van der Waals surface area contributed by atoms with Crippen molar-refractivity contribution < 1.29 is 14.3 Å². The first-order chi connectivity index (χ1) is 14.1. The molecule has 0 spiro atoms. The van der Waals surface area contributed by atoms with Crippen molar-refractivity contribution in [1.29, 1.82) is 0 Å². The number of hydrogen-bond donors (Lipinski definition) is 1. The Balaban J connectivity index is 1.56. The van der Waals surface area contributed by atoms with Crippen LogP contribution in [-0.2, 0) is 4.79 Å². The normalized spacial score (nSPS) is 15.2. The van der Waals surface area contributed by atoms with Crippen LogP contribution in [0.3, 0.4) is 0 Å². The molecule has 29 heavy (non-hydrogen) atoms. The zero-order chi connectivity index (χ0) is 20.4. The molecule has 3 aromatic rings. The highest BCUT2D eigenvalue weighted by atomic mass is 32.2. The number of benzene rings is 3. The number of carbonyl (C=O) groups excluding carboxylic acids is 2. The van der Waals surface area contributed by atoms with Gasteiger partial charge in [0.2, 0.25) is 0 Å². The summed E-state index contributed by atoms with van der Waals surface area (Å²) in [5.74, 6) is -0.129. The van der Waals surface area contributed by atoms with Crippen molar-refractivity contribution in [1.82, 2.24) is 10.4 Å². The SMILES string of the molecule is COc1ccc(C(=O)NN2C(=O)/C(=C\c3cccc4ccccc34)SC2=S)cc1. The van der Waals surface area contributed by atoms with Gasteiger partial charge in [-0.25, -0.2) is 0 Å². The third kappa shape index (κ3) is 3.87. The number of hydrazine groups is 1. The summed E-state index contributed by atoms with van der Waals surface area (Å²) in [5, 5.41) is 3.25. The molecule has 0 aliphatic carbocycles. The van der Waals surface area contributed by atoms with Gasteiger partial charge in [0.25, 0.3) is 11.8 Å². The summed E-state index contributed by atoms with van der Waals surface area (Å²) >= 11 is 6.47. The van der Waals surface area contributed by atoms with E-state index in [2.05, 4.69) is 5.43 Å². The van der Waals surface area contributed by atoms with E-state index in [-0.39, 0.29) is 10.2 Å². The van der Waals surface area contributed by atoms with Crippen LogP contribution >= 0.6 is 24.0 Å². The van der Waals surface area contributed by atoms with Crippen LogP contribution in [0.25, 0.3) is 16.8 Å². The summed E-state index contributed by atoms with van der Waals surface area (Å²) in [6.45, 7) is 0. The summed E-state index contributed by atoms with van der Waals surface area (Å²) < 4.78 is 5.37. The fourth-order valence-electron chi connectivity index (χ4n) is 2.99. The predicted molar refractivity (Wildman–Crippen MR) is 119 cm³/mol. The van der Waals surface area contributed by atoms with Gasteiger partial charge < -0.3 is 4.74 Å². The molecule has 144 valence electrons. The number of nitrogens with zero attached hydrogens (tertiary/aromatic N) is 1. The topological polar surface area (TPSA) is 58.6 Å². The molecule has 1 aliphatic rings. The van der Waals surface area contributed by atoms with Crippen molar-refractivity contribution in [2.24, 2.45) is 0 Å². The van der Waals surface area contributed by atoms with Crippen LogP contribution in [0.2, 0.25) is 0 Å². The van der Waals surface area contributed by atoms with Crippen LogP contribution in [0, 0.1) is 0 Å². The van der Waals surface area contributed by atoms with E-state index < -0.39 is 5.91 Å². The fraction of sp³-hybridized carbons (Fsp3) is 0.0455. The Labute approximate surface area is 177 Å². The molecule has 7 heteroatoms. The molecule has 0 saturated carbocycles. The highest BCUT2D eigenvalue weighted by Gasteiger charge is 2.33. The quantitative estimate of drug-likeness (QED) is 0.501. The summed E-state index contributed by atoms with van der Waals surface area (Å²) in [4.78, 5) is 25.8. The Hall–Kier alpha value is -3.16. The summed E-state index contributed by atoms with van der Waals surface area (Å²) in [7, 11) is 1.55. The minimum atomic E-state index is -0.421. The van der Waals surface area contributed by atoms with Crippen molar-refractivity contribution >= 4 is 57.0 Å². The van der Waals surface area contributed by atoms with Crippen molar-refractivity contribution in [3.05, 3.63) is 82.8 Å². The molecule has 1 fully saturated rings. The van der Waals surface area contributed by atoms with E-state index in [1.807, 2.05) is 42.5 Å². The highest BCUT2D eigenvalue weighted by Crippen LogP contribution is 2.33. The van der Waals surface area contributed by atoms with Gasteiger partial charge in [-0.2, -0.15) is 5.01 Å². The Morgan fingerprint density at radius 3 is 2.55 bits per heavy atom. The van der Waals surface area contributed by atoms with Gasteiger partial charge in [0, 0.05) is 5.56 Å². The van der Waals surface area contributed by atoms with Crippen LogP contribution in [0.4, 0.5) is 0 Å². The monoisotopic (exact) mass is 420 g/mol. The Bertz CT molecular complexity index is 1150. The van der Waals surface area contributed by atoms with Crippen molar-refractivity contribution in [3.63, 3.8) is 0 Å². The summed E-state index contributed by atoms with van der Waals surface area (Å²) in [5.41, 5.74) is 3.91. The van der Waals surface area contributed by atoms with E-state index in [1.54, 1.807) is 37.5 Å². The number of methoxy groups -OCH3 is 1. The third-order valence-corrected chi connectivity index (χ3v) is 5.77. The van der Waals surface area contributed by atoms with E-state index >= 15 is 0 Å². The number of thioether (sulfide) groups is 1. The number of ether oxygens (including phenoxy) is 1. The lowest BCUT2D eigenvalue weighted by atomic mass is 10.0. The van der Waals surface area contributed by atoms with E-state index in [0.29, 0.717) is 16.2 Å². The maximum absolute atomic E-state index is 12.8. The Kier molecular flexibility index (Phi) is 5.33. The van der Waals surface area contributed by atoms with Gasteiger partial charge in [0.1, 0.15) is 5.75 Å². The van der Waals surface area contributed by atoms with Crippen LogP contribution in [0.5, 0.6) is 5.75 Å². The average Bonchev–Trinajstić information content (AvgIpc) is 3.01. The van der Waals surface area contributed by atoms with Gasteiger partial charge in [-0.1, -0.05) is 54.2 Å². The maximum atomic E-state index is 12.8. The number of nitrogens with one attached hydrogen (secondary N) is 1. The van der Waals surface area contributed by atoms with Gasteiger partial charge in [-0.15, -0.1) is 0 Å². The molecule has 1 heterocycles. The molecule has 0 unspecified atom stereocenters. The number of carbonyl (C=O) groups is 2. The van der Waals surface area contributed by atoms with E-state index in [1.165, 1.54) is 0 Å². The standard InChI is InChI=1S/C22H16N2O3S2/c1-27-17-11-9-15(10-12-17)20(25)23-24-21(26)19(29-22(24)28)13-16-7-4-6-14-5-2-3-8-18(14)16/h2-13H,1H3,(H,23,25)/b19-13+. The predicted octanol–water partition coefficient (Wildman–Crippen LogP) is 4.39. The van der Waals surface area contributed by atoms with Crippen molar-refractivity contribution in [2.75, 3.05) is 7.11 Å². The Morgan fingerprint density at radius 2 is 1.79 bits per heavy atom. The van der Waals surface area contributed by atoms with E-state index in [4.69, 9.17) is 17.0 Å². The maximum Gasteiger partial charge on any atom is 0.285 e. The average molecular weight is 421 g/mol. The molecule has 0 atom stereocenters. The molecule has 1 aliphatic heterocycles. The molecular formula is C22H16N2O3S2. The number of rotatable bonds is 4. The minimum absolute atomic E-state index is 0.281. The second-order valence-corrected chi connectivity index (χ2v) is 7.93. The van der Waals surface area contributed by atoms with Crippen LogP contribution in [0.15, 0.2) is 71.6 Å². The lowest BCUT2D eigenvalue weighted by Crippen LogP contribution is -2.44. The third-order valence-electron chi connectivity index (χ3n) is 4.47. The second-order valence-electron chi connectivity index (χ2n) is 6.25. The van der Waals surface area contributed by atoms with Crippen LogP contribution < -0.4 is 10.2 Å². The number of hydrogen-bond acceptors (Lipinski definition) is 5. The van der Waals surface area contributed by atoms with E-state index in [0.717, 1.165) is 33.1 Å². The molecule has 1 N–H and O–H groups in total. The molecule has 3 aromatic carbocycles. The second kappa shape index (κ2) is 8.06. The lowest BCUT2D eigenvalue weighted by molar-refractivity contribution is -0.123. The molecule has 0 aromatic heterocycles. The van der Waals surface area contributed by atoms with E-state index in [9.17, 15) is 9.59 Å². The number of fused-ring (bicyclic) bond motifs is 1. The molecule has 4 rings (SSSR count). The highest BCUT2D eigenvalue weighted by molar-refractivity contribution is 8.26. The molecular weight excluding hydrogens is 404 g/mol. The minimum Gasteiger partial charge on any atom is -0.497 e. The van der Waals surface area contributed by atoms with Gasteiger partial charge >= 0.3 is 0 Å². The summed E-state index contributed by atoms with van der Waals surface area (Å²) in [6.07, 6.45) is 1.81. The molecule has 1 saturated heterocycles. The lowest BCUT2D eigenvalue weighted by Gasteiger charge is -2.15. The number of thiocarbonyl (C=S) groups is 1. The van der Waals surface area contributed by atoms with Gasteiger partial charge in [0.05, 0.1) is 12.0 Å². The molecule has 2 amide bonds. The first-order valence-corrected chi connectivity index (χ1v) is 10.00.